The van der Waals surface area contributed by atoms with E-state index in [2.05, 4.69) is 0 Å². The molecule has 4 nitrogen and oxygen atoms in total. The molecule has 0 amide bonds. The predicted octanol–water partition coefficient (Wildman–Crippen LogP) is 0.759. The van der Waals surface area contributed by atoms with Crippen molar-refractivity contribution in [1.82, 2.24) is 4.57 Å². The smallest absolute Gasteiger partial charge is 0.223 e. The van der Waals surface area contributed by atoms with Gasteiger partial charge in [0.1, 0.15) is 0 Å². The number of hydrogen-bond acceptors (Lipinski definition) is 3. The van der Waals surface area contributed by atoms with Crippen LogP contribution in [0.3, 0.4) is 0 Å². The lowest BCUT2D eigenvalue weighted by Gasteiger charge is -2.12. The van der Waals surface area contributed by atoms with Crippen LogP contribution in [0.1, 0.15) is 18.5 Å². The van der Waals surface area contributed by atoms with Crippen LogP contribution in [-0.4, -0.2) is 16.8 Å². The van der Waals surface area contributed by atoms with Crippen molar-refractivity contribution in [2.75, 3.05) is 7.11 Å². The highest BCUT2D eigenvalue weighted by Crippen LogP contribution is 2.31. The van der Waals surface area contributed by atoms with Gasteiger partial charge in [0.2, 0.25) is 5.43 Å². The molecule has 1 aliphatic carbocycles. The van der Waals surface area contributed by atoms with Crippen molar-refractivity contribution in [2.24, 2.45) is 5.92 Å². The molecule has 0 aliphatic heterocycles. The van der Waals surface area contributed by atoms with E-state index < -0.39 is 0 Å². The van der Waals surface area contributed by atoms with Crippen LogP contribution < -0.4 is 10.2 Å². The number of aliphatic hydroxyl groups excluding tert-OH is 1. The SMILES string of the molecule is COc1cn(CC2CC2)c(CO)cc1=O. The highest BCUT2D eigenvalue weighted by atomic mass is 16.5. The molecule has 1 N–H and O–H groups in total. The topological polar surface area (TPSA) is 51.5 Å². The lowest BCUT2D eigenvalue weighted by atomic mass is 10.3. The molecule has 1 fully saturated rings. The Morgan fingerprint density at radius 3 is 2.87 bits per heavy atom. The van der Waals surface area contributed by atoms with Crippen molar-refractivity contribution in [3.63, 3.8) is 0 Å². The Morgan fingerprint density at radius 2 is 2.33 bits per heavy atom. The van der Waals surface area contributed by atoms with Gasteiger partial charge in [-0.05, 0) is 18.8 Å². The number of aliphatic hydroxyl groups is 1. The predicted molar refractivity (Wildman–Crippen MR) is 55.9 cm³/mol. The van der Waals surface area contributed by atoms with Crippen LogP contribution in [0.25, 0.3) is 0 Å². The van der Waals surface area contributed by atoms with Crippen LogP contribution in [0.15, 0.2) is 17.1 Å². The Morgan fingerprint density at radius 1 is 1.60 bits per heavy atom. The highest BCUT2D eigenvalue weighted by Gasteiger charge is 2.22. The molecule has 1 aromatic heterocycles. The molecular weight excluding hydrogens is 194 g/mol. The Kier molecular flexibility index (Phi) is 2.77. The third-order valence-corrected chi connectivity index (χ3v) is 2.72. The van der Waals surface area contributed by atoms with Crippen LogP contribution in [0.2, 0.25) is 0 Å². The zero-order valence-corrected chi connectivity index (χ0v) is 8.77. The van der Waals surface area contributed by atoms with Gasteiger partial charge in [-0.2, -0.15) is 0 Å². The minimum Gasteiger partial charge on any atom is -0.491 e. The van der Waals surface area contributed by atoms with Crippen molar-refractivity contribution in [3.05, 3.63) is 28.2 Å². The number of pyridine rings is 1. The van der Waals surface area contributed by atoms with Crippen LogP contribution in [-0.2, 0) is 13.2 Å². The molecule has 0 radical (unpaired) electrons. The van der Waals surface area contributed by atoms with Gasteiger partial charge in [0.05, 0.1) is 19.9 Å². The summed E-state index contributed by atoms with van der Waals surface area (Å²) >= 11 is 0. The molecule has 0 bridgehead atoms. The van der Waals surface area contributed by atoms with Gasteiger partial charge in [0, 0.05) is 18.3 Å². The molecule has 1 saturated carbocycles. The largest absolute Gasteiger partial charge is 0.491 e. The summed E-state index contributed by atoms with van der Waals surface area (Å²) in [5.74, 6) is 1.04. The second kappa shape index (κ2) is 4.06. The first kappa shape index (κ1) is 10.2. The summed E-state index contributed by atoms with van der Waals surface area (Å²) in [6, 6.07) is 1.45. The summed E-state index contributed by atoms with van der Waals surface area (Å²) in [5.41, 5.74) is 0.487. The van der Waals surface area contributed by atoms with Crippen LogP contribution in [0, 0.1) is 5.92 Å². The molecule has 0 atom stereocenters. The minimum atomic E-state index is -0.173. The first-order valence-electron chi connectivity index (χ1n) is 5.13. The monoisotopic (exact) mass is 209 g/mol. The van der Waals surface area contributed by atoms with Gasteiger partial charge >= 0.3 is 0 Å². The van der Waals surface area contributed by atoms with Crippen molar-refractivity contribution in [2.45, 2.75) is 26.0 Å². The second-order valence-corrected chi connectivity index (χ2v) is 3.95. The lowest BCUT2D eigenvalue weighted by Crippen LogP contribution is -2.15. The third kappa shape index (κ3) is 2.21. The van der Waals surface area contributed by atoms with Crippen molar-refractivity contribution in [3.8, 4) is 5.75 Å². The average Bonchev–Trinajstić information content (AvgIpc) is 3.04. The quantitative estimate of drug-likeness (QED) is 0.796. The summed E-state index contributed by atoms with van der Waals surface area (Å²) in [6.45, 7) is 0.762. The summed E-state index contributed by atoms with van der Waals surface area (Å²) < 4.78 is 6.89. The fraction of sp³-hybridized carbons (Fsp3) is 0.545. The summed E-state index contributed by atoms with van der Waals surface area (Å²) in [6.07, 6.45) is 4.16. The number of rotatable bonds is 4. The maximum Gasteiger partial charge on any atom is 0.223 e. The fourth-order valence-corrected chi connectivity index (χ4v) is 1.63. The van der Waals surface area contributed by atoms with Gasteiger partial charge in [0.25, 0.3) is 0 Å². The molecule has 1 aliphatic rings. The van der Waals surface area contributed by atoms with E-state index in [9.17, 15) is 4.79 Å². The average molecular weight is 209 g/mol. The van der Waals surface area contributed by atoms with Gasteiger partial charge < -0.3 is 14.4 Å². The number of nitrogens with zero attached hydrogens (tertiary/aromatic N) is 1. The zero-order chi connectivity index (χ0) is 10.8. The number of methoxy groups -OCH3 is 1. The molecule has 1 heterocycles. The molecule has 4 heteroatoms. The maximum absolute atomic E-state index is 11.4. The van der Waals surface area contributed by atoms with Gasteiger partial charge in [-0.15, -0.1) is 0 Å². The van der Waals surface area contributed by atoms with Crippen LogP contribution in [0.5, 0.6) is 5.75 Å². The lowest BCUT2D eigenvalue weighted by molar-refractivity contribution is 0.267. The molecular formula is C11H15NO3. The van der Waals surface area contributed by atoms with E-state index in [1.54, 1.807) is 6.20 Å². The van der Waals surface area contributed by atoms with E-state index in [1.807, 2.05) is 4.57 Å². The van der Waals surface area contributed by atoms with Gasteiger partial charge in [-0.1, -0.05) is 0 Å². The zero-order valence-electron chi connectivity index (χ0n) is 8.77. The Bertz CT molecular complexity index is 407. The van der Waals surface area contributed by atoms with Crippen molar-refractivity contribution < 1.29 is 9.84 Å². The van der Waals surface area contributed by atoms with E-state index in [0.717, 1.165) is 6.54 Å². The maximum atomic E-state index is 11.4. The number of ether oxygens (including phenoxy) is 1. The molecule has 82 valence electrons. The number of aromatic nitrogens is 1. The minimum absolute atomic E-state index is 0.105. The third-order valence-electron chi connectivity index (χ3n) is 2.72. The normalized spacial score (nSPS) is 15.3. The Hall–Kier alpha value is -1.29. The highest BCUT2D eigenvalue weighted by molar-refractivity contribution is 5.21. The van der Waals surface area contributed by atoms with E-state index >= 15 is 0 Å². The first-order chi connectivity index (χ1) is 7.24. The summed E-state index contributed by atoms with van der Waals surface area (Å²) in [7, 11) is 1.48. The number of hydrogen-bond donors (Lipinski definition) is 1. The molecule has 15 heavy (non-hydrogen) atoms. The standard InChI is InChI=1S/C11H15NO3/c1-15-11-6-12(5-8-2-3-8)9(7-13)4-10(11)14/h4,6,8,13H,2-3,5,7H2,1H3. The van der Waals surface area contributed by atoms with Crippen molar-refractivity contribution in [1.29, 1.82) is 0 Å². The van der Waals surface area contributed by atoms with Gasteiger partial charge in [0.15, 0.2) is 5.75 Å². The molecule has 2 rings (SSSR count). The Balaban J connectivity index is 2.35. The van der Waals surface area contributed by atoms with Crippen LogP contribution in [0.4, 0.5) is 0 Å². The second-order valence-electron chi connectivity index (χ2n) is 3.95. The van der Waals surface area contributed by atoms with Crippen LogP contribution >= 0.6 is 0 Å². The summed E-state index contributed by atoms with van der Waals surface area (Å²) in [4.78, 5) is 11.4. The molecule has 0 spiro atoms. The van der Waals surface area contributed by atoms with E-state index in [0.29, 0.717) is 17.4 Å². The van der Waals surface area contributed by atoms with E-state index in [1.165, 1.54) is 26.0 Å². The molecule has 0 saturated heterocycles. The summed E-state index contributed by atoms with van der Waals surface area (Å²) in [5, 5.41) is 9.14. The van der Waals surface area contributed by atoms with Gasteiger partial charge in [-0.25, -0.2) is 0 Å². The first-order valence-corrected chi connectivity index (χ1v) is 5.13. The van der Waals surface area contributed by atoms with E-state index in [4.69, 9.17) is 9.84 Å². The fourth-order valence-electron chi connectivity index (χ4n) is 1.63. The van der Waals surface area contributed by atoms with E-state index in [-0.39, 0.29) is 12.0 Å². The molecule has 1 aromatic rings. The molecule has 0 unspecified atom stereocenters. The van der Waals surface area contributed by atoms with Crippen molar-refractivity contribution >= 4 is 0 Å². The molecule has 0 aromatic carbocycles. The van der Waals surface area contributed by atoms with Gasteiger partial charge in [-0.3, -0.25) is 4.79 Å². The Labute approximate surface area is 88.1 Å².